The number of rotatable bonds is 6. The van der Waals surface area contributed by atoms with Gasteiger partial charge in [-0.15, -0.1) is 0 Å². The third kappa shape index (κ3) is 4.73. The fourth-order valence-electron chi connectivity index (χ4n) is 2.08. The number of benzene rings is 2. The maximum absolute atomic E-state index is 12.0. The topological polar surface area (TPSA) is 98.2 Å². The van der Waals surface area contributed by atoms with E-state index >= 15 is 0 Å². The average Bonchev–Trinajstić information content (AvgIpc) is 2.68. The van der Waals surface area contributed by atoms with Crippen molar-refractivity contribution in [2.45, 2.75) is 0 Å². The summed E-state index contributed by atoms with van der Waals surface area (Å²) in [5.74, 6) is -0.328. The van der Waals surface area contributed by atoms with Gasteiger partial charge in [0.2, 0.25) is 0 Å². The summed E-state index contributed by atoms with van der Waals surface area (Å²) in [6, 6.07) is 12.0. The summed E-state index contributed by atoms with van der Waals surface area (Å²) in [6.45, 7) is 0. The van der Waals surface area contributed by atoms with Gasteiger partial charge in [0, 0.05) is 11.6 Å². The summed E-state index contributed by atoms with van der Waals surface area (Å²) in [7, 11) is 4.47. The summed E-state index contributed by atoms with van der Waals surface area (Å²) in [5, 5.41) is 6.22. The van der Waals surface area contributed by atoms with Gasteiger partial charge < -0.3 is 19.5 Å². The minimum absolute atomic E-state index is 0.306. The number of hydrogen-bond acceptors (Lipinski definition) is 6. The molecule has 0 radical (unpaired) electrons. The quantitative estimate of drug-likeness (QED) is 0.467. The molecule has 0 aliphatic heterocycles. The lowest BCUT2D eigenvalue weighted by atomic mass is 10.2. The number of carbonyl (C=O) groups excluding carboxylic acids is 2. The molecule has 26 heavy (non-hydrogen) atoms. The van der Waals surface area contributed by atoms with E-state index in [0.29, 0.717) is 28.5 Å². The van der Waals surface area contributed by atoms with Crippen molar-refractivity contribution in [3.63, 3.8) is 0 Å². The maximum Gasteiger partial charge on any atom is 0.329 e. The molecule has 8 nitrogen and oxygen atoms in total. The fourth-order valence-corrected chi connectivity index (χ4v) is 2.08. The Balaban J connectivity index is 2.02. The van der Waals surface area contributed by atoms with Gasteiger partial charge in [0.25, 0.3) is 0 Å². The van der Waals surface area contributed by atoms with Crippen molar-refractivity contribution in [2.24, 2.45) is 5.10 Å². The Hall–Kier alpha value is -3.55. The first-order valence-corrected chi connectivity index (χ1v) is 7.58. The van der Waals surface area contributed by atoms with Gasteiger partial charge in [0.1, 0.15) is 17.2 Å². The highest BCUT2D eigenvalue weighted by molar-refractivity contribution is 6.39. The van der Waals surface area contributed by atoms with E-state index in [0.717, 1.165) is 0 Å². The number of hydrazone groups is 1. The molecule has 0 atom stereocenters. The maximum atomic E-state index is 12.0. The Morgan fingerprint density at radius 3 is 2.35 bits per heavy atom. The first-order valence-electron chi connectivity index (χ1n) is 7.58. The van der Waals surface area contributed by atoms with Gasteiger partial charge in [-0.3, -0.25) is 9.59 Å². The van der Waals surface area contributed by atoms with Crippen molar-refractivity contribution >= 4 is 23.7 Å². The molecule has 0 aromatic heterocycles. The van der Waals surface area contributed by atoms with E-state index in [1.54, 1.807) is 36.4 Å². The van der Waals surface area contributed by atoms with E-state index in [1.807, 2.05) is 6.07 Å². The zero-order chi connectivity index (χ0) is 18.9. The second-order valence-corrected chi connectivity index (χ2v) is 4.96. The van der Waals surface area contributed by atoms with Gasteiger partial charge in [-0.1, -0.05) is 12.1 Å². The summed E-state index contributed by atoms with van der Waals surface area (Å²) >= 11 is 0. The van der Waals surface area contributed by atoms with E-state index in [4.69, 9.17) is 14.2 Å². The highest BCUT2D eigenvalue weighted by Gasteiger charge is 2.16. The van der Waals surface area contributed by atoms with Gasteiger partial charge >= 0.3 is 11.8 Å². The third-order valence-corrected chi connectivity index (χ3v) is 3.37. The summed E-state index contributed by atoms with van der Waals surface area (Å²) in [5.41, 5.74) is 3.12. The second-order valence-electron chi connectivity index (χ2n) is 4.96. The number of carbonyl (C=O) groups is 2. The van der Waals surface area contributed by atoms with E-state index in [9.17, 15) is 9.59 Å². The number of ether oxygens (including phenoxy) is 3. The monoisotopic (exact) mass is 357 g/mol. The van der Waals surface area contributed by atoms with Crippen LogP contribution in [0.5, 0.6) is 17.2 Å². The van der Waals surface area contributed by atoms with E-state index in [2.05, 4.69) is 15.8 Å². The van der Waals surface area contributed by atoms with Crippen molar-refractivity contribution in [1.29, 1.82) is 0 Å². The van der Waals surface area contributed by atoms with Crippen LogP contribution in [0.3, 0.4) is 0 Å². The van der Waals surface area contributed by atoms with Crippen LogP contribution < -0.4 is 25.0 Å². The molecule has 2 rings (SSSR count). The van der Waals surface area contributed by atoms with Crippen LogP contribution >= 0.6 is 0 Å². The second kappa shape index (κ2) is 9.07. The van der Waals surface area contributed by atoms with Gasteiger partial charge in [-0.25, -0.2) is 5.43 Å². The molecular weight excluding hydrogens is 338 g/mol. The number of methoxy groups -OCH3 is 3. The zero-order valence-electron chi connectivity index (χ0n) is 14.6. The van der Waals surface area contributed by atoms with Crippen LogP contribution in [-0.4, -0.2) is 39.4 Å². The van der Waals surface area contributed by atoms with Crippen LogP contribution in [0.4, 0.5) is 5.69 Å². The van der Waals surface area contributed by atoms with Crippen molar-refractivity contribution in [3.05, 3.63) is 48.0 Å². The van der Waals surface area contributed by atoms with E-state index < -0.39 is 11.8 Å². The number of nitrogens with one attached hydrogen (secondary N) is 2. The lowest BCUT2D eigenvalue weighted by Crippen LogP contribution is -2.32. The molecule has 0 spiro atoms. The molecule has 0 bridgehead atoms. The summed E-state index contributed by atoms with van der Waals surface area (Å²) in [6.07, 6.45) is 1.39. The van der Waals surface area contributed by atoms with Crippen LogP contribution in [0.2, 0.25) is 0 Å². The van der Waals surface area contributed by atoms with Crippen molar-refractivity contribution in [1.82, 2.24) is 5.43 Å². The van der Waals surface area contributed by atoms with Crippen molar-refractivity contribution in [3.8, 4) is 17.2 Å². The van der Waals surface area contributed by atoms with Crippen LogP contribution in [0.15, 0.2) is 47.6 Å². The Morgan fingerprint density at radius 2 is 1.65 bits per heavy atom. The summed E-state index contributed by atoms with van der Waals surface area (Å²) in [4.78, 5) is 23.9. The van der Waals surface area contributed by atoms with Crippen molar-refractivity contribution < 1.29 is 23.8 Å². The predicted octanol–water partition coefficient (Wildman–Crippen LogP) is 1.80. The molecular formula is C18H19N3O5. The number of anilines is 1. The first-order chi connectivity index (χ1) is 12.6. The van der Waals surface area contributed by atoms with Crippen molar-refractivity contribution in [2.75, 3.05) is 26.6 Å². The highest BCUT2D eigenvalue weighted by Crippen LogP contribution is 2.28. The Morgan fingerprint density at radius 1 is 0.923 bits per heavy atom. The molecule has 2 amide bonds. The first kappa shape index (κ1) is 18.8. The SMILES string of the molecule is COc1ccc(OC)c(NC(=O)C(=O)NN=Cc2ccccc2OC)c1. The molecule has 0 heterocycles. The number of nitrogens with zero attached hydrogens (tertiary/aromatic N) is 1. The fraction of sp³-hybridized carbons (Fsp3) is 0.167. The van der Waals surface area contributed by atoms with Crippen LogP contribution in [0.25, 0.3) is 0 Å². The molecule has 0 saturated heterocycles. The molecule has 0 fully saturated rings. The number of para-hydroxylation sites is 1. The highest BCUT2D eigenvalue weighted by atomic mass is 16.5. The average molecular weight is 357 g/mol. The van der Waals surface area contributed by atoms with Crippen LogP contribution in [0.1, 0.15) is 5.56 Å². The minimum atomic E-state index is -0.930. The van der Waals surface area contributed by atoms with E-state index in [1.165, 1.54) is 27.5 Å². The normalized spacial score (nSPS) is 10.3. The van der Waals surface area contributed by atoms with Gasteiger partial charge in [0.15, 0.2) is 0 Å². The van der Waals surface area contributed by atoms with Gasteiger partial charge in [0.05, 0.1) is 33.2 Å². The molecule has 2 aromatic carbocycles. The standard InChI is InChI=1S/C18H19N3O5/c1-24-13-8-9-16(26-3)14(10-13)20-17(22)18(23)21-19-11-12-6-4-5-7-15(12)25-2/h4-11H,1-3H3,(H,20,22)(H,21,23). The van der Waals surface area contributed by atoms with E-state index in [-0.39, 0.29) is 0 Å². The van der Waals surface area contributed by atoms with Crippen LogP contribution in [-0.2, 0) is 9.59 Å². The molecule has 2 N–H and O–H groups in total. The zero-order valence-corrected chi connectivity index (χ0v) is 14.6. The van der Waals surface area contributed by atoms with Gasteiger partial charge in [-0.2, -0.15) is 5.10 Å². The summed E-state index contributed by atoms with van der Waals surface area (Å²) < 4.78 is 15.4. The molecule has 136 valence electrons. The molecule has 8 heteroatoms. The molecule has 0 saturated carbocycles. The lowest BCUT2D eigenvalue weighted by molar-refractivity contribution is -0.136. The van der Waals surface area contributed by atoms with Gasteiger partial charge in [-0.05, 0) is 24.3 Å². The Bertz CT molecular complexity index is 820. The minimum Gasteiger partial charge on any atom is -0.497 e. The number of amides is 2. The number of hydrogen-bond donors (Lipinski definition) is 2. The van der Waals surface area contributed by atoms with Crippen LogP contribution in [0, 0.1) is 0 Å². The third-order valence-electron chi connectivity index (χ3n) is 3.37. The molecule has 2 aromatic rings. The molecule has 0 unspecified atom stereocenters. The molecule has 0 aliphatic carbocycles. The smallest absolute Gasteiger partial charge is 0.329 e. The Labute approximate surface area is 150 Å². The largest absolute Gasteiger partial charge is 0.497 e. The molecule has 0 aliphatic rings. The Kier molecular flexibility index (Phi) is 6.55. The lowest BCUT2D eigenvalue weighted by Gasteiger charge is -2.11. The predicted molar refractivity (Wildman–Crippen MR) is 96.9 cm³/mol.